The summed E-state index contributed by atoms with van der Waals surface area (Å²) in [5.74, 6) is 0. The lowest BCUT2D eigenvalue weighted by Gasteiger charge is -2.31. The highest BCUT2D eigenvalue weighted by atomic mass is 16.3. The van der Waals surface area contributed by atoms with E-state index in [0.717, 1.165) is 78.2 Å². The zero-order valence-corrected chi connectivity index (χ0v) is 43.3. The van der Waals surface area contributed by atoms with E-state index in [-0.39, 0.29) is 0 Å². The lowest BCUT2D eigenvalue weighted by molar-refractivity contribution is 0.668. The van der Waals surface area contributed by atoms with Crippen LogP contribution in [0.4, 0.5) is 11.4 Å². The van der Waals surface area contributed by atoms with Gasteiger partial charge < -0.3 is 13.9 Å². The van der Waals surface area contributed by atoms with Gasteiger partial charge in [0, 0.05) is 49.9 Å². The first-order valence-corrected chi connectivity index (χ1v) is 26.7. The van der Waals surface area contributed by atoms with Gasteiger partial charge in [0.15, 0.2) is 0 Å². The molecule has 0 saturated carbocycles. The molecule has 14 rings (SSSR count). The van der Waals surface area contributed by atoms with Crippen molar-refractivity contribution in [2.75, 3.05) is 4.90 Å². The highest BCUT2D eigenvalue weighted by Crippen LogP contribution is 2.64. The van der Waals surface area contributed by atoms with Crippen LogP contribution in [0.5, 0.6) is 0 Å². The summed E-state index contributed by atoms with van der Waals surface area (Å²) in [5, 5.41) is 4.69. The maximum absolute atomic E-state index is 6.59. The molecule has 0 saturated heterocycles. The van der Waals surface area contributed by atoms with Crippen LogP contribution in [0.2, 0.25) is 0 Å². The van der Waals surface area contributed by atoms with Crippen molar-refractivity contribution in [1.29, 1.82) is 0 Å². The van der Waals surface area contributed by atoms with Crippen molar-refractivity contribution >= 4 is 66.3 Å². The van der Waals surface area contributed by atoms with E-state index in [4.69, 9.17) is 11.0 Å². The maximum Gasteiger partial charge on any atom is 0.136 e. The van der Waals surface area contributed by atoms with E-state index in [1.165, 1.54) is 66.2 Å². The standard InChI is InChI=1S/C74H54N2O/c1-5-8-11-24-48(4)51-43-52(50-37-39-58-57-29-16-20-33-63(57)74(66(58)46-50)64-34-21-17-31-60(64)72-65(74)40-42-71-73(72)61-32-19-23-36-70(61)77-71)45-55(44-51)75(67(7-3)56(6-2)49-25-12-9-13-26-49)54-38-41-69-62(47-54)59-30-18-22-35-68(59)76(69)53-27-14-10-15-28-53/h5-47H,4H2,1-3H3/b8-5-,24-11-,56-6-,67-7+. The molecule has 0 fully saturated rings. The van der Waals surface area contributed by atoms with Crippen molar-refractivity contribution in [3.63, 3.8) is 0 Å². The fraction of sp³-hybridized carbons (Fsp3) is 0.0541. The number of benzene rings is 10. The van der Waals surface area contributed by atoms with Crippen molar-refractivity contribution < 1.29 is 4.42 Å². The Morgan fingerprint density at radius 1 is 0.481 bits per heavy atom. The van der Waals surface area contributed by atoms with Gasteiger partial charge in [-0.25, -0.2) is 0 Å². The Balaban J connectivity index is 1.02. The van der Waals surface area contributed by atoms with E-state index in [2.05, 4.69) is 284 Å². The number of nitrogens with zero attached hydrogens (tertiary/aromatic N) is 2. The number of hydrogen-bond donors (Lipinski definition) is 0. The summed E-state index contributed by atoms with van der Waals surface area (Å²) in [5.41, 5.74) is 24.5. The quantitative estimate of drug-likeness (QED) is 0.127. The number of hydrogen-bond acceptors (Lipinski definition) is 2. The first-order chi connectivity index (χ1) is 38.0. The molecule has 0 N–H and O–H groups in total. The van der Waals surface area contributed by atoms with Crippen LogP contribution in [-0.4, -0.2) is 4.57 Å². The van der Waals surface area contributed by atoms with Crippen molar-refractivity contribution in [2.45, 2.75) is 26.2 Å². The Morgan fingerprint density at radius 2 is 1.17 bits per heavy atom. The number of aromatic nitrogens is 1. The van der Waals surface area contributed by atoms with Crippen LogP contribution in [-0.2, 0) is 5.41 Å². The Labute approximate surface area is 449 Å². The second-order valence-corrected chi connectivity index (χ2v) is 20.2. The normalized spacial score (nSPS) is 14.8. The topological polar surface area (TPSA) is 21.3 Å². The zero-order valence-electron chi connectivity index (χ0n) is 43.3. The third-order valence-electron chi connectivity index (χ3n) is 16.2. The molecule has 3 heteroatoms. The molecule has 2 aliphatic carbocycles. The molecule has 10 aromatic carbocycles. The molecule has 12 aromatic rings. The van der Waals surface area contributed by atoms with E-state index >= 15 is 0 Å². The molecule has 77 heavy (non-hydrogen) atoms. The SMILES string of the molecule is C=C(/C=C\C=C/C)c1cc(-c2ccc3c(c2)C2(c4ccccc4-3)c3ccccc3-c3c2ccc2oc4ccccc4c32)cc(N(C(=C/C)/C(=C\C)c2ccccc2)c2ccc3c(c2)c2ccccc2n3-c2ccccc2)c1. The molecule has 2 aliphatic rings. The third-order valence-corrected chi connectivity index (χ3v) is 16.2. The van der Waals surface area contributed by atoms with Crippen LogP contribution in [0.3, 0.4) is 0 Å². The zero-order chi connectivity index (χ0) is 51.8. The molecule has 0 aliphatic heterocycles. The largest absolute Gasteiger partial charge is 0.456 e. The number of rotatable bonds is 10. The predicted octanol–water partition coefficient (Wildman–Crippen LogP) is 20.0. The highest BCUT2D eigenvalue weighted by molar-refractivity contribution is 6.16. The number of fused-ring (bicyclic) bond motifs is 17. The fourth-order valence-electron chi connectivity index (χ4n) is 13.0. The summed E-state index contributed by atoms with van der Waals surface area (Å²) in [4.78, 5) is 2.46. The number of allylic oxidation sites excluding steroid dienone is 8. The minimum Gasteiger partial charge on any atom is -0.456 e. The Bertz CT molecular complexity index is 4500. The molecule has 3 nitrogen and oxygen atoms in total. The summed E-state index contributed by atoms with van der Waals surface area (Å²) in [6.07, 6.45) is 12.8. The molecular formula is C74H54N2O. The van der Waals surface area contributed by atoms with Gasteiger partial charge >= 0.3 is 0 Å². The lowest BCUT2D eigenvalue weighted by Crippen LogP contribution is -2.25. The van der Waals surface area contributed by atoms with Crippen molar-refractivity contribution in [3.8, 4) is 39.1 Å². The smallest absolute Gasteiger partial charge is 0.136 e. The summed E-state index contributed by atoms with van der Waals surface area (Å²) in [6.45, 7) is 11.1. The molecule has 2 heterocycles. The van der Waals surface area contributed by atoms with Gasteiger partial charge in [0.2, 0.25) is 0 Å². The minimum atomic E-state index is -0.575. The van der Waals surface area contributed by atoms with Gasteiger partial charge in [-0.2, -0.15) is 0 Å². The average Bonchev–Trinajstić information content (AvgIpc) is 4.41. The van der Waals surface area contributed by atoms with Gasteiger partial charge in [-0.05, 0) is 166 Å². The average molecular weight is 987 g/mol. The summed E-state index contributed by atoms with van der Waals surface area (Å²) >= 11 is 0. The van der Waals surface area contributed by atoms with Gasteiger partial charge in [-0.3, -0.25) is 0 Å². The maximum atomic E-state index is 6.59. The molecule has 0 bridgehead atoms. The third kappa shape index (κ3) is 6.97. The Kier molecular flexibility index (Phi) is 10.9. The molecule has 0 radical (unpaired) electrons. The van der Waals surface area contributed by atoms with Crippen LogP contribution < -0.4 is 4.90 Å². The Morgan fingerprint density at radius 3 is 1.96 bits per heavy atom. The minimum absolute atomic E-state index is 0.575. The Hall–Kier alpha value is -9.70. The predicted molar refractivity (Wildman–Crippen MR) is 325 cm³/mol. The second-order valence-electron chi connectivity index (χ2n) is 20.2. The molecule has 1 atom stereocenters. The van der Waals surface area contributed by atoms with E-state index in [0.29, 0.717) is 0 Å². The van der Waals surface area contributed by atoms with Gasteiger partial charge in [0.05, 0.1) is 16.4 Å². The second kappa shape index (κ2) is 18.3. The summed E-state index contributed by atoms with van der Waals surface area (Å²) in [7, 11) is 0. The monoisotopic (exact) mass is 986 g/mol. The van der Waals surface area contributed by atoms with Crippen molar-refractivity contribution in [3.05, 3.63) is 307 Å². The van der Waals surface area contributed by atoms with E-state index in [1.54, 1.807) is 0 Å². The van der Waals surface area contributed by atoms with Gasteiger partial charge in [-0.1, -0.05) is 195 Å². The first kappa shape index (κ1) is 45.9. The van der Waals surface area contributed by atoms with Crippen molar-refractivity contribution in [1.82, 2.24) is 4.57 Å². The highest BCUT2D eigenvalue weighted by Gasteiger charge is 2.52. The van der Waals surface area contributed by atoms with Gasteiger partial charge in [-0.15, -0.1) is 0 Å². The summed E-state index contributed by atoms with van der Waals surface area (Å²) < 4.78 is 8.97. The summed E-state index contributed by atoms with van der Waals surface area (Å²) in [6, 6.07) is 82.6. The van der Waals surface area contributed by atoms with Gasteiger partial charge in [0.1, 0.15) is 11.2 Å². The molecular weight excluding hydrogens is 933 g/mol. The van der Waals surface area contributed by atoms with Crippen LogP contribution in [0, 0.1) is 0 Å². The fourth-order valence-corrected chi connectivity index (χ4v) is 13.0. The van der Waals surface area contributed by atoms with Crippen molar-refractivity contribution in [2.24, 2.45) is 0 Å². The molecule has 2 aromatic heterocycles. The van der Waals surface area contributed by atoms with Crippen LogP contribution in [0.15, 0.2) is 278 Å². The number of anilines is 2. The molecule has 1 spiro atoms. The molecule has 0 amide bonds. The van der Waals surface area contributed by atoms with Crippen LogP contribution in [0.25, 0.3) is 94.0 Å². The number of para-hydroxylation sites is 3. The van der Waals surface area contributed by atoms with Gasteiger partial charge in [0.25, 0.3) is 0 Å². The molecule has 366 valence electrons. The van der Waals surface area contributed by atoms with Crippen LogP contribution >= 0.6 is 0 Å². The van der Waals surface area contributed by atoms with E-state index in [1.807, 2.05) is 6.92 Å². The first-order valence-electron chi connectivity index (χ1n) is 26.7. The van der Waals surface area contributed by atoms with E-state index < -0.39 is 5.41 Å². The number of furan rings is 1. The molecule has 1 unspecified atom stereocenters. The van der Waals surface area contributed by atoms with E-state index in [9.17, 15) is 0 Å². The van der Waals surface area contributed by atoms with Crippen LogP contribution in [0.1, 0.15) is 54.2 Å². The lowest BCUT2D eigenvalue weighted by atomic mass is 9.70.